The molecule has 7 nitrogen and oxygen atoms in total. The summed E-state index contributed by atoms with van der Waals surface area (Å²) in [5.41, 5.74) is 0.652. The van der Waals surface area contributed by atoms with E-state index in [-0.39, 0.29) is 17.3 Å². The maximum absolute atomic E-state index is 12.8. The van der Waals surface area contributed by atoms with Gasteiger partial charge in [0.25, 0.3) is 5.91 Å². The zero-order valence-corrected chi connectivity index (χ0v) is 17.4. The van der Waals surface area contributed by atoms with E-state index in [9.17, 15) is 26.8 Å². The number of anilines is 1. The van der Waals surface area contributed by atoms with Crippen molar-refractivity contribution in [1.29, 1.82) is 0 Å². The standard InChI is InChI=1S/C19H18F2N2O5S2/c1-28-14-6-4-13(5-7-14)22-17(24)16-10-29-11-23(16)18(25)12-2-8-15(9-3-12)30(26,27)19(20)21/h2-9,16,19H,10-11H2,1H3,(H,22,24). The molecule has 2 aromatic rings. The van der Waals surface area contributed by atoms with E-state index in [2.05, 4.69) is 5.32 Å². The Morgan fingerprint density at radius 2 is 1.77 bits per heavy atom. The molecule has 11 heteroatoms. The second-order valence-electron chi connectivity index (χ2n) is 6.34. The van der Waals surface area contributed by atoms with Crippen LogP contribution in [0.2, 0.25) is 0 Å². The maximum Gasteiger partial charge on any atom is 0.341 e. The normalized spacial score (nSPS) is 16.5. The van der Waals surface area contributed by atoms with Gasteiger partial charge in [-0.05, 0) is 48.5 Å². The number of rotatable bonds is 6. The summed E-state index contributed by atoms with van der Waals surface area (Å²) in [5.74, 6) is -3.09. The minimum absolute atomic E-state index is 0.105. The SMILES string of the molecule is COc1ccc(NC(=O)C2CSCN2C(=O)c2ccc(S(=O)(=O)C(F)F)cc2)cc1. The molecule has 1 fully saturated rings. The lowest BCUT2D eigenvalue weighted by atomic mass is 10.1. The molecule has 0 aromatic heterocycles. The summed E-state index contributed by atoms with van der Waals surface area (Å²) in [7, 11) is -3.21. The van der Waals surface area contributed by atoms with Gasteiger partial charge in [0.15, 0.2) is 0 Å². The Morgan fingerprint density at radius 3 is 2.33 bits per heavy atom. The molecule has 1 N–H and O–H groups in total. The first-order valence-electron chi connectivity index (χ1n) is 8.70. The molecular formula is C19H18F2N2O5S2. The molecule has 1 heterocycles. The fraction of sp³-hybridized carbons (Fsp3) is 0.263. The predicted octanol–water partition coefficient (Wildman–Crippen LogP) is 2.85. The van der Waals surface area contributed by atoms with Gasteiger partial charge < -0.3 is 15.0 Å². The Labute approximate surface area is 176 Å². The van der Waals surface area contributed by atoms with Crippen molar-refractivity contribution in [3.63, 3.8) is 0 Å². The van der Waals surface area contributed by atoms with Gasteiger partial charge >= 0.3 is 5.76 Å². The highest BCUT2D eigenvalue weighted by atomic mass is 32.2. The van der Waals surface area contributed by atoms with Gasteiger partial charge in [0.2, 0.25) is 15.7 Å². The topological polar surface area (TPSA) is 92.8 Å². The average Bonchev–Trinajstić information content (AvgIpc) is 3.24. The minimum Gasteiger partial charge on any atom is -0.497 e. The molecule has 0 aliphatic carbocycles. The molecule has 1 atom stereocenters. The van der Waals surface area contributed by atoms with Crippen LogP contribution in [0.1, 0.15) is 10.4 Å². The van der Waals surface area contributed by atoms with Crippen molar-refractivity contribution in [1.82, 2.24) is 4.90 Å². The number of sulfone groups is 1. The van der Waals surface area contributed by atoms with Gasteiger partial charge in [-0.25, -0.2) is 8.42 Å². The first-order valence-corrected chi connectivity index (χ1v) is 11.4. The third-order valence-electron chi connectivity index (χ3n) is 4.47. The Kier molecular flexibility index (Phi) is 6.61. The monoisotopic (exact) mass is 456 g/mol. The number of ether oxygens (including phenoxy) is 1. The van der Waals surface area contributed by atoms with E-state index in [0.717, 1.165) is 12.1 Å². The molecule has 30 heavy (non-hydrogen) atoms. The van der Waals surface area contributed by atoms with Crippen LogP contribution >= 0.6 is 11.8 Å². The summed E-state index contributed by atoms with van der Waals surface area (Å²) in [4.78, 5) is 26.3. The molecule has 2 aromatic carbocycles. The molecule has 0 spiro atoms. The summed E-state index contributed by atoms with van der Waals surface area (Å²) in [6, 6.07) is 10.3. The quantitative estimate of drug-likeness (QED) is 0.719. The molecule has 160 valence electrons. The Hall–Kier alpha value is -2.66. The van der Waals surface area contributed by atoms with Crippen LogP contribution < -0.4 is 10.1 Å². The smallest absolute Gasteiger partial charge is 0.341 e. The third-order valence-corrected chi connectivity index (χ3v) is 6.88. The Bertz CT molecular complexity index is 1030. The third kappa shape index (κ3) is 4.57. The molecule has 3 rings (SSSR count). The Balaban J connectivity index is 1.72. The number of hydrogen-bond donors (Lipinski definition) is 1. The molecule has 2 amide bonds. The fourth-order valence-electron chi connectivity index (χ4n) is 2.82. The van der Waals surface area contributed by atoms with Gasteiger partial charge in [0, 0.05) is 17.0 Å². The largest absolute Gasteiger partial charge is 0.497 e. The predicted molar refractivity (Wildman–Crippen MR) is 109 cm³/mol. The van der Waals surface area contributed by atoms with Crippen LogP contribution in [0, 0.1) is 0 Å². The van der Waals surface area contributed by atoms with Crippen molar-refractivity contribution >= 4 is 39.1 Å². The van der Waals surface area contributed by atoms with E-state index in [1.807, 2.05) is 0 Å². The molecule has 0 saturated carbocycles. The number of carbonyl (C=O) groups is 2. The zero-order chi connectivity index (χ0) is 21.9. The second kappa shape index (κ2) is 9.00. The lowest BCUT2D eigenvalue weighted by Gasteiger charge is -2.23. The van der Waals surface area contributed by atoms with Crippen LogP contribution in [-0.2, 0) is 14.6 Å². The summed E-state index contributed by atoms with van der Waals surface area (Å²) >= 11 is 1.40. The van der Waals surface area contributed by atoms with Gasteiger partial charge in [0.1, 0.15) is 11.8 Å². The van der Waals surface area contributed by atoms with Crippen LogP contribution in [0.5, 0.6) is 5.75 Å². The maximum atomic E-state index is 12.8. The van der Waals surface area contributed by atoms with E-state index in [0.29, 0.717) is 17.2 Å². The van der Waals surface area contributed by atoms with Crippen molar-refractivity contribution < 1.29 is 31.5 Å². The van der Waals surface area contributed by atoms with Crippen molar-refractivity contribution in [3.05, 3.63) is 54.1 Å². The highest BCUT2D eigenvalue weighted by Gasteiger charge is 2.35. The number of halogens is 2. The zero-order valence-electron chi connectivity index (χ0n) is 15.7. The van der Waals surface area contributed by atoms with Gasteiger partial charge in [-0.15, -0.1) is 11.8 Å². The first-order chi connectivity index (χ1) is 14.2. The van der Waals surface area contributed by atoms with Crippen LogP contribution in [-0.4, -0.2) is 55.7 Å². The summed E-state index contributed by atoms with van der Waals surface area (Å²) in [6.45, 7) is 0. The fourth-order valence-corrected chi connectivity index (χ4v) is 4.69. The van der Waals surface area contributed by atoms with Crippen LogP contribution in [0.4, 0.5) is 14.5 Å². The second-order valence-corrected chi connectivity index (χ2v) is 9.26. The van der Waals surface area contributed by atoms with E-state index in [1.54, 1.807) is 24.3 Å². The summed E-state index contributed by atoms with van der Waals surface area (Å²) in [6.07, 6.45) is 0. The number of amides is 2. The van der Waals surface area contributed by atoms with Crippen LogP contribution in [0.3, 0.4) is 0 Å². The lowest BCUT2D eigenvalue weighted by molar-refractivity contribution is -0.119. The first kappa shape index (κ1) is 22.0. The van der Waals surface area contributed by atoms with Crippen LogP contribution in [0.25, 0.3) is 0 Å². The van der Waals surface area contributed by atoms with Crippen LogP contribution in [0.15, 0.2) is 53.4 Å². The van der Waals surface area contributed by atoms with Crippen molar-refractivity contribution in [2.45, 2.75) is 16.7 Å². The number of nitrogens with zero attached hydrogens (tertiary/aromatic N) is 1. The number of benzene rings is 2. The molecule has 1 aliphatic heterocycles. The highest BCUT2D eigenvalue weighted by Crippen LogP contribution is 2.26. The number of hydrogen-bond acceptors (Lipinski definition) is 6. The number of thioether (sulfide) groups is 1. The molecule has 1 saturated heterocycles. The lowest BCUT2D eigenvalue weighted by Crippen LogP contribution is -2.44. The Morgan fingerprint density at radius 1 is 1.13 bits per heavy atom. The van der Waals surface area contributed by atoms with E-state index in [1.165, 1.54) is 35.9 Å². The van der Waals surface area contributed by atoms with E-state index in [4.69, 9.17) is 4.74 Å². The molecule has 0 radical (unpaired) electrons. The average molecular weight is 456 g/mol. The number of alkyl halides is 2. The number of nitrogens with one attached hydrogen (secondary N) is 1. The molecule has 0 bridgehead atoms. The number of carbonyl (C=O) groups excluding carboxylic acids is 2. The van der Waals surface area contributed by atoms with Crippen molar-refractivity contribution in [3.8, 4) is 5.75 Å². The van der Waals surface area contributed by atoms with Crippen molar-refractivity contribution in [2.75, 3.05) is 24.1 Å². The summed E-state index contributed by atoms with van der Waals surface area (Å²) in [5, 5.41) is 2.75. The van der Waals surface area contributed by atoms with Gasteiger partial charge in [-0.1, -0.05) is 0 Å². The van der Waals surface area contributed by atoms with E-state index >= 15 is 0 Å². The van der Waals surface area contributed by atoms with E-state index < -0.39 is 32.4 Å². The highest BCUT2D eigenvalue weighted by molar-refractivity contribution is 7.99. The number of methoxy groups -OCH3 is 1. The summed E-state index contributed by atoms with van der Waals surface area (Å²) < 4.78 is 53.4. The molecule has 1 unspecified atom stereocenters. The van der Waals surface area contributed by atoms with Gasteiger partial charge in [-0.3, -0.25) is 9.59 Å². The van der Waals surface area contributed by atoms with Gasteiger partial charge in [0.05, 0.1) is 17.9 Å². The minimum atomic E-state index is -4.74. The van der Waals surface area contributed by atoms with Crippen molar-refractivity contribution in [2.24, 2.45) is 0 Å². The van der Waals surface area contributed by atoms with Gasteiger partial charge in [-0.2, -0.15) is 8.78 Å². The molecule has 1 aliphatic rings. The molecular weight excluding hydrogens is 438 g/mol.